The molecular formula is C14H17BrClNO2. The van der Waals surface area contributed by atoms with E-state index in [1.807, 2.05) is 6.07 Å². The van der Waals surface area contributed by atoms with Crippen LogP contribution in [0.2, 0.25) is 0 Å². The van der Waals surface area contributed by atoms with Crippen LogP contribution in [0.25, 0.3) is 0 Å². The Balaban J connectivity index is 2.03. The van der Waals surface area contributed by atoms with E-state index in [1.165, 1.54) is 0 Å². The molecule has 0 bridgehead atoms. The van der Waals surface area contributed by atoms with E-state index in [0.29, 0.717) is 11.3 Å². The largest absolute Gasteiger partial charge is 0.496 e. The minimum atomic E-state index is -0.0811. The van der Waals surface area contributed by atoms with Crippen molar-refractivity contribution in [3.05, 3.63) is 28.2 Å². The third-order valence-electron chi connectivity index (χ3n) is 3.40. The topological polar surface area (TPSA) is 38.3 Å². The fraction of sp³-hybridized carbons (Fsp3) is 0.500. The van der Waals surface area contributed by atoms with Crippen LogP contribution in [-0.2, 0) is 0 Å². The zero-order chi connectivity index (χ0) is 13.8. The van der Waals surface area contributed by atoms with Gasteiger partial charge in [0.1, 0.15) is 5.75 Å². The van der Waals surface area contributed by atoms with E-state index in [1.54, 1.807) is 19.2 Å². The van der Waals surface area contributed by atoms with Crippen molar-refractivity contribution in [2.45, 2.75) is 37.1 Å². The van der Waals surface area contributed by atoms with Gasteiger partial charge in [0.05, 0.1) is 12.7 Å². The van der Waals surface area contributed by atoms with Crippen LogP contribution >= 0.6 is 27.5 Å². The predicted octanol–water partition coefficient (Wildman–Crippen LogP) is 3.74. The number of halogens is 2. The fourth-order valence-electron chi connectivity index (χ4n) is 2.31. The van der Waals surface area contributed by atoms with Gasteiger partial charge in [0.2, 0.25) is 0 Å². The Labute approximate surface area is 126 Å². The summed E-state index contributed by atoms with van der Waals surface area (Å²) >= 11 is 9.43. The average molecular weight is 347 g/mol. The zero-order valence-electron chi connectivity index (χ0n) is 10.8. The molecule has 5 heteroatoms. The van der Waals surface area contributed by atoms with Crippen molar-refractivity contribution < 1.29 is 9.53 Å². The number of benzene rings is 1. The molecule has 0 aliphatic heterocycles. The Morgan fingerprint density at radius 2 is 2.05 bits per heavy atom. The monoisotopic (exact) mass is 345 g/mol. The summed E-state index contributed by atoms with van der Waals surface area (Å²) in [6.45, 7) is 0. The second-order valence-electron chi connectivity index (χ2n) is 4.77. The normalized spacial score (nSPS) is 22.9. The molecule has 1 N–H and O–H groups in total. The van der Waals surface area contributed by atoms with Crippen molar-refractivity contribution >= 4 is 33.4 Å². The first-order chi connectivity index (χ1) is 9.10. The second-order valence-corrected chi connectivity index (χ2v) is 6.30. The second kappa shape index (κ2) is 6.62. The highest BCUT2D eigenvalue weighted by atomic mass is 79.9. The van der Waals surface area contributed by atoms with Crippen LogP contribution in [0.15, 0.2) is 22.7 Å². The first-order valence-electron chi connectivity index (χ1n) is 6.38. The number of amides is 1. The quantitative estimate of drug-likeness (QED) is 0.847. The standard InChI is InChI=1S/C14H17BrClNO2/c1-19-13-8-9(15)2-7-12(13)14(18)17-11-5-3-10(16)4-6-11/h2,7-8,10-11H,3-6H2,1H3,(H,17,18). The summed E-state index contributed by atoms with van der Waals surface area (Å²) in [5, 5.41) is 3.32. The van der Waals surface area contributed by atoms with E-state index >= 15 is 0 Å². The van der Waals surface area contributed by atoms with Crippen LogP contribution in [0.1, 0.15) is 36.0 Å². The molecule has 3 nitrogen and oxygen atoms in total. The first-order valence-corrected chi connectivity index (χ1v) is 7.61. The van der Waals surface area contributed by atoms with Gasteiger partial charge in [0, 0.05) is 15.9 Å². The van der Waals surface area contributed by atoms with Crippen LogP contribution in [0.3, 0.4) is 0 Å². The number of carbonyl (C=O) groups excluding carboxylic acids is 1. The van der Waals surface area contributed by atoms with Gasteiger partial charge in [-0.1, -0.05) is 15.9 Å². The summed E-state index contributed by atoms with van der Waals surface area (Å²) in [5.41, 5.74) is 0.568. The average Bonchev–Trinajstić information content (AvgIpc) is 2.41. The molecule has 0 aromatic heterocycles. The summed E-state index contributed by atoms with van der Waals surface area (Å²) in [6, 6.07) is 5.62. The lowest BCUT2D eigenvalue weighted by molar-refractivity contribution is 0.0925. The Hall–Kier alpha value is -0.740. The van der Waals surface area contributed by atoms with Gasteiger partial charge in [-0.2, -0.15) is 0 Å². The molecule has 0 unspecified atom stereocenters. The number of nitrogens with one attached hydrogen (secondary N) is 1. The van der Waals surface area contributed by atoms with Gasteiger partial charge in [-0.15, -0.1) is 11.6 Å². The third-order valence-corrected chi connectivity index (χ3v) is 4.33. The van der Waals surface area contributed by atoms with Gasteiger partial charge in [-0.25, -0.2) is 0 Å². The number of hydrogen-bond donors (Lipinski definition) is 1. The van der Waals surface area contributed by atoms with Crippen LogP contribution in [-0.4, -0.2) is 24.4 Å². The summed E-state index contributed by atoms with van der Waals surface area (Å²) in [5.74, 6) is 0.500. The van der Waals surface area contributed by atoms with Crippen molar-refractivity contribution in [3.8, 4) is 5.75 Å². The SMILES string of the molecule is COc1cc(Br)ccc1C(=O)NC1CCC(Cl)CC1. The van der Waals surface area contributed by atoms with Gasteiger partial charge >= 0.3 is 0 Å². The first kappa shape index (κ1) is 14.7. The highest BCUT2D eigenvalue weighted by Gasteiger charge is 2.22. The number of rotatable bonds is 3. The van der Waals surface area contributed by atoms with E-state index in [2.05, 4.69) is 21.2 Å². The lowest BCUT2D eigenvalue weighted by Gasteiger charge is -2.26. The maximum atomic E-state index is 12.2. The molecule has 0 saturated heterocycles. The molecular weight excluding hydrogens is 330 g/mol. The summed E-state index contributed by atoms with van der Waals surface area (Å²) in [7, 11) is 1.57. The molecule has 0 radical (unpaired) electrons. The maximum Gasteiger partial charge on any atom is 0.255 e. The number of carbonyl (C=O) groups is 1. The lowest BCUT2D eigenvalue weighted by Crippen LogP contribution is -2.37. The molecule has 104 valence electrons. The Morgan fingerprint density at radius 1 is 1.37 bits per heavy atom. The molecule has 1 aromatic rings. The van der Waals surface area contributed by atoms with Crippen molar-refractivity contribution in [1.82, 2.24) is 5.32 Å². The molecule has 0 heterocycles. The van der Waals surface area contributed by atoms with Gasteiger partial charge in [-0.3, -0.25) is 4.79 Å². The summed E-state index contributed by atoms with van der Waals surface area (Å²) < 4.78 is 6.13. The van der Waals surface area contributed by atoms with Gasteiger partial charge < -0.3 is 10.1 Å². The molecule has 1 aliphatic rings. The third kappa shape index (κ3) is 3.86. The minimum Gasteiger partial charge on any atom is -0.496 e. The smallest absolute Gasteiger partial charge is 0.255 e. The van der Waals surface area contributed by atoms with Crippen LogP contribution in [0, 0.1) is 0 Å². The molecule has 1 amide bonds. The summed E-state index contributed by atoms with van der Waals surface area (Å²) in [6.07, 6.45) is 3.81. The lowest BCUT2D eigenvalue weighted by atomic mass is 9.95. The van der Waals surface area contributed by atoms with E-state index in [4.69, 9.17) is 16.3 Å². The number of hydrogen-bond acceptors (Lipinski definition) is 2. The van der Waals surface area contributed by atoms with E-state index in [0.717, 1.165) is 30.2 Å². The van der Waals surface area contributed by atoms with Crippen LogP contribution in [0.4, 0.5) is 0 Å². The Morgan fingerprint density at radius 3 is 2.68 bits per heavy atom. The van der Waals surface area contributed by atoms with Gasteiger partial charge in [0.15, 0.2) is 0 Å². The van der Waals surface area contributed by atoms with Crippen molar-refractivity contribution in [3.63, 3.8) is 0 Å². The molecule has 1 aromatic carbocycles. The molecule has 0 spiro atoms. The Kier molecular flexibility index (Phi) is 5.11. The number of ether oxygens (including phenoxy) is 1. The highest BCUT2D eigenvalue weighted by Crippen LogP contribution is 2.26. The van der Waals surface area contributed by atoms with E-state index < -0.39 is 0 Å². The Bertz CT molecular complexity index is 459. The number of alkyl halides is 1. The molecule has 0 atom stereocenters. The molecule has 2 rings (SSSR count). The van der Waals surface area contributed by atoms with E-state index in [9.17, 15) is 4.79 Å². The number of methoxy groups -OCH3 is 1. The highest BCUT2D eigenvalue weighted by molar-refractivity contribution is 9.10. The van der Waals surface area contributed by atoms with Crippen LogP contribution < -0.4 is 10.1 Å². The molecule has 1 aliphatic carbocycles. The molecule has 1 fully saturated rings. The molecule has 1 saturated carbocycles. The van der Waals surface area contributed by atoms with Crippen molar-refractivity contribution in [1.29, 1.82) is 0 Å². The maximum absolute atomic E-state index is 12.2. The van der Waals surface area contributed by atoms with Gasteiger partial charge in [0.25, 0.3) is 5.91 Å². The summed E-state index contributed by atoms with van der Waals surface area (Å²) in [4.78, 5) is 12.2. The predicted molar refractivity (Wildman–Crippen MR) is 80.1 cm³/mol. The minimum absolute atomic E-state index is 0.0811. The van der Waals surface area contributed by atoms with Crippen molar-refractivity contribution in [2.24, 2.45) is 0 Å². The molecule has 19 heavy (non-hydrogen) atoms. The van der Waals surface area contributed by atoms with Crippen LogP contribution in [0.5, 0.6) is 5.75 Å². The zero-order valence-corrected chi connectivity index (χ0v) is 13.1. The van der Waals surface area contributed by atoms with E-state index in [-0.39, 0.29) is 17.3 Å². The fourth-order valence-corrected chi connectivity index (χ4v) is 2.90. The van der Waals surface area contributed by atoms with Crippen molar-refractivity contribution in [2.75, 3.05) is 7.11 Å². The van der Waals surface area contributed by atoms with Gasteiger partial charge in [-0.05, 0) is 43.9 Å².